The summed E-state index contributed by atoms with van der Waals surface area (Å²) < 4.78 is 0. The van der Waals surface area contributed by atoms with Crippen LogP contribution in [0.2, 0.25) is 0 Å². The van der Waals surface area contributed by atoms with Crippen LogP contribution < -0.4 is 0 Å². The van der Waals surface area contributed by atoms with E-state index < -0.39 is 0 Å². The van der Waals surface area contributed by atoms with Gasteiger partial charge in [0, 0.05) is 11.4 Å². The van der Waals surface area contributed by atoms with E-state index in [9.17, 15) is 0 Å². The van der Waals surface area contributed by atoms with Gasteiger partial charge in [0.2, 0.25) is 0 Å². The van der Waals surface area contributed by atoms with Crippen molar-refractivity contribution in [1.29, 1.82) is 0 Å². The molecule has 0 heterocycles. The van der Waals surface area contributed by atoms with Crippen LogP contribution in [0, 0.1) is 0 Å². The summed E-state index contributed by atoms with van der Waals surface area (Å²) in [6, 6.07) is 20.5. The second kappa shape index (κ2) is 10.1. The van der Waals surface area contributed by atoms with Gasteiger partial charge in [0.25, 0.3) is 0 Å². The van der Waals surface area contributed by atoms with Crippen molar-refractivity contribution >= 4 is 23.6 Å². The highest BCUT2D eigenvalue weighted by Gasteiger charge is 1.88. The number of nitrogens with zero attached hydrogens (tertiary/aromatic N) is 2. The molecule has 0 saturated heterocycles. The molecule has 0 aromatic heterocycles. The average Bonchev–Trinajstić information content (AvgIpc) is 2.63. The van der Waals surface area contributed by atoms with Crippen LogP contribution in [0.5, 0.6) is 0 Å². The van der Waals surface area contributed by atoms with Gasteiger partial charge in [0.15, 0.2) is 0 Å². The lowest BCUT2D eigenvalue weighted by molar-refractivity contribution is 0.975. The number of rotatable bonds is 7. The summed E-state index contributed by atoms with van der Waals surface area (Å²) in [7, 11) is 0. The highest BCUT2D eigenvalue weighted by molar-refractivity contribution is 5.97. The van der Waals surface area contributed by atoms with E-state index in [1.54, 1.807) is 0 Å². The van der Waals surface area contributed by atoms with Crippen LogP contribution in [0.4, 0.5) is 0 Å². The molecule has 24 heavy (non-hydrogen) atoms. The summed E-state index contributed by atoms with van der Waals surface area (Å²) >= 11 is 0. The molecule has 2 aromatic rings. The van der Waals surface area contributed by atoms with E-state index in [2.05, 4.69) is 46.4 Å². The molecule has 0 bridgehead atoms. The topological polar surface area (TPSA) is 24.7 Å². The predicted octanol–water partition coefficient (Wildman–Crippen LogP) is 5.34. The van der Waals surface area contributed by atoms with Gasteiger partial charge in [-0.15, -0.1) is 0 Å². The first kappa shape index (κ1) is 17.6. The minimum Gasteiger partial charge on any atom is -0.288 e. The number of hydrogen-bond acceptors (Lipinski definition) is 2. The van der Waals surface area contributed by atoms with Crippen molar-refractivity contribution in [3.8, 4) is 0 Å². The molecule has 0 atom stereocenters. The van der Waals surface area contributed by atoms with Gasteiger partial charge in [-0.2, -0.15) is 0 Å². The smallest absolute Gasteiger partial charge is 0.0588 e. The largest absolute Gasteiger partial charge is 0.288 e. The van der Waals surface area contributed by atoms with Gasteiger partial charge in [-0.25, -0.2) is 0 Å². The van der Waals surface area contributed by atoms with Crippen LogP contribution in [-0.4, -0.2) is 24.5 Å². The summed E-state index contributed by atoms with van der Waals surface area (Å²) in [5.74, 6) is 0. The Kier molecular flexibility index (Phi) is 7.42. The van der Waals surface area contributed by atoms with Crippen LogP contribution in [0.1, 0.15) is 25.0 Å². The molecule has 0 N–H and O–H groups in total. The fourth-order valence-corrected chi connectivity index (χ4v) is 2.12. The molecule has 122 valence electrons. The third-order valence-corrected chi connectivity index (χ3v) is 3.46. The Balaban J connectivity index is 1.78. The van der Waals surface area contributed by atoms with Crippen molar-refractivity contribution in [3.63, 3.8) is 0 Å². The molecule has 0 aliphatic rings. The van der Waals surface area contributed by atoms with E-state index in [4.69, 9.17) is 0 Å². The third kappa shape index (κ3) is 7.01. The Morgan fingerprint density at radius 1 is 0.667 bits per heavy atom. The third-order valence-electron chi connectivity index (χ3n) is 3.46. The van der Waals surface area contributed by atoms with Crippen LogP contribution in [0.25, 0.3) is 12.2 Å². The molecule has 2 nitrogen and oxygen atoms in total. The molecule has 0 saturated carbocycles. The lowest BCUT2D eigenvalue weighted by Crippen LogP contribution is -1.95. The first-order valence-electron chi connectivity index (χ1n) is 8.22. The van der Waals surface area contributed by atoms with Gasteiger partial charge in [-0.05, 0) is 37.1 Å². The average molecular weight is 316 g/mol. The zero-order chi connectivity index (χ0) is 17.0. The molecule has 2 heteroatoms. The van der Waals surface area contributed by atoms with Crippen molar-refractivity contribution in [2.45, 2.75) is 13.8 Å². The maximum absolute atomic E-state index is 4.53. The molecule has 0 unspecified atom stereocenters. The van der Waals surface area contributed by atoms with E-state index in [0.717, 1.165) is 11.4 Å². The van der Waals surface area contributed by atoms with Gasteiger partial charge in [-0.1, -0.05) is 72.8 Å². The van der Waals surface area contributed by atoms with Crippen LogP contribution in [-0.2, 0) is 0 Å². The molecular formula is C22H24N2. The number of allylic oxidation sites excluding steroid dienone is 2. The van der Waals surface area contributed by atoms with Gasteiger partial charge < -0.3 is 0 Å². The van der Waals surface area contributed by atoms with Crippen LogP contribution in [0.3, 0.4) is 0 Å². The highest BCUT2D eigenvalue weighted by atomic mass is 14.8. The quantitative estimate of drug-likeness (QED) is 0.487. The number of hydrogen-bond donors (Lipinski definition) is 0. The van der Waals surface area contributed by atoms with Crippen molar-refractivity contribution < 1.29 is 0 Å². The Hall–Kier alpha value is -2.74. The van der Waals surface area contributed by atoms with E-state index in [1.807, 2.05) is 62.4 Å². The van der Waals surface area contributed by atoms with E-state index in [-0.39, 0.29) is 0 Å². The van der Waals surface area contributed by atoms with Crippen molar-refractivity contribution in [2.24, 2.45) is 9.98 Å². The Morgan fingerprint density at radius 2 is 1.04 bits per heavy atom. The summed E-state index contributed by atoms with van der Waals surface area (Å²) in [6.07, 6.45) is 8.24. The van der Waals surface area contributed by atoms with Gasteiger partial charge in [-0.3, -0.25) is 9.98 Å². The molecule has 2 aromatic carbocycles. The first-order valence-corrected chi connectivity index (χ1v) is 8.22. The van der Waals surface area contributed by atoms with E-state index >= 15 is 0 Å². The standard InChI is InChI=1S/C22H24N2/c1-19(13-15-21-9-5-3-6-10-21)23-17-18-24-20(2)14-16-22-11-7-4-8-12-22/h3-16H,17-18H2,1-2H3. The molecule has 0 spiro atoms. The minimum absolute atomic E-state index is 0.710. The van der Waals surface area contributed by atoms with Gasteiger partial charge >= 0.3 is 0 Å². The molecule has 2 rings (SSSR count). The number of benzene rings is 2. The number of aliphatic imine (C=N–C) groups is 2. The molecular weight excluding hydrogens is 292 g/mol. The van der Waals surface area contributed by atoms with Crippen molar-refractivity contribution in [3.05, 3.63) is 83.9 Å². The zero-order valence-electron chi connectivity index (χ0n) is 14.4. The second-order valence-electron chi connectivity index (χ2n) is 5.53. The van der Waals surface area contributed by atoms with Crippen molar-refractivity contribution in [2.75, 3.05) is 13.1 Å². The van der Waals surface area contributed by atoms with E-state index in [0.29, 0.717) is 13.1 Å². The van der Waals surface area contributed by atoms with Gasteiger partial charge in [0.1, 0.15) is 0 Å². The Bertz CT molecular complexity index is 658. The lowest BCUT2D eigenvalue weighted by atomic mass is 10.2. The monoisotopic (exact) mass is 316 g/mol. The normalized spacial score (nSPS) is 13.1. The second-order valence-corrected chi connectivity index (χ2v) is 5.53. The zero-order valence-corrected chi connectivity index (χ0v) is 14.4. The molecule has 0 amide bonds. The summed E-state index contributed by atoms with van der Waals surface area (Å²) in [5, 5.41) is 0. The van der Waals surface area contributed by atoms with E-state index in [1.165, 1.54) is 11.1 Å². The Labute approximate surface area is 145 Å². The lowest BCUT2D eigenvalue weighted by Gasteiger charge is -1.96. The van der Waals surface area contributed by atoms with Crippen LogP contribution >= 0.6 is 0 Å². The maximum Gasteiger partial charge on any atom is 0.0588 e. The fourth-order valence-electron chi connectivity index (χ4n) is 2.12. The maximum atomic E-state index is 4.53. The highest BCUT2D eigenvalue weighted by Crippen LogP contribution is 2.02. The minimum atomic E-state index is 0.710. The predicted molar refractivity (Wildman–Crippen MR) is 107 cm³/mol. The van der Waals surface area contributed by atoms with Crippen LogP contribution in [0.15, 0.2) is 82.8 Å². The molecule has 0 fully saturated rings. The molecule has 0 aliphatic heterocycles. The van der Waals surface area contributed by atoms with Crippen molar-refractivity contribution in [1.82, 2.24) is 0 Å². The summed E-state index contributed by atoms with van der Waals surface area (Å²) in [5.41, 5.74) is 4.41. The Morgan fingerprint density at radius 3 is 1.42 bits per heavy atom. The SMILES string of the molecule is CC(C=Cc1ccccc1)=NCCN=C(C)C=Cc1ccccc1. The molecule has 0 aliphatic carbocycles. The van der Waals surface area contributed by atoms with Gasteiger partial charge in [0.05, 0.1) is 13.1 Å². The first-order chi connectivity index (χ1) is 11.7. The summed E-state index contributed by atoms with van der Waals surface area (Å²) in [4.78, 5) is 9.06. The fraction of sp³-hybridized carbons (Fsp3) is 0.182. The summed E-state index contributed by atoms with van der Waals surface area (Å²) in [6.45, 7) is 5.46. The molecule has 0 radical (unpaired) electrons.